The first-order valence-electron chi connectivity index (χ1n) is 7.88. The molecule has 0 unspecified atom stereocenters. The van der Waals surface area contributed by atoms with Crippen LogP contribution in [0.15, 0.2) is 30.5 Å². The van der Waals surface area contributed by atoms with Crippen molar-refractivity contribution in [1.29, 1.82) is 0 Å². The molecule has 0 bridgehead atoms. The molecule has 1 aromatic heterocycles. The summed E-state index contributed by atoms with van der Waals surface area (Å²) in [6, 6.07) is 4.01. The third-order valence-electron chi connectivity index (χ3n) is 3.32. The molecular weight excluding hydrogens is 351 g/mol. The van der Waals surface area contributed by atoms with Crippen LogP contribution in [0.2, 0.25) is 0 Å². The highest BCUT2D eigenvalue weighted by molar-refractivity contribution is 6.07. The summed E-state index contributed by atoms with van der Waals surface area (Å²) in [7, 11) is 0. The third kappa shape index (κ3) is 4.62. The molecule has 1 aromatic carbocycles. The van der Waals surface area contributed by atoms with Gasteiger partial charge in [0.1, 0.15) is 0 Å². The van der Waals surface area contributed by atoms with E-state index in [1.54, 1.807) is 20.8 Å². The number of halogens is 3. The average molecular weight is 369 g/mol. The van der Waals surface area contributed by atoms with Gasteiger partial charge in [-0.3, -0.25) is 9.48 Å². The Balaban J connectivity index is 2.29. The molecular formula is C17H18F3N3O3. The quantitative estimate of drug-likeness (QED) is 0.815. The summed E-state index contributed by atoms with van der Waals surface area (Å²) in [5, 5.41) is 6.46. The van der Waals surface area contributed by atoms with E-state index in [0.717, 1.165) is 18.2 Å². The van der Waals surface area contributed by atoms with Gasteiger partial charge in [0.2, 0.25) is 0 Å². The molecule has 0 saturated carbocycles. The summed E-state index contributed by atoms with van der Waals surface area (Å²) in [5.74, 6) is -1.52. The lowest BCUT2D eigenvalue weighted by molar-refractivity contribution is -0.137. The first kappa shape index (κ1) is 19.5. The fourth-order valence-corrected chi connectivity index (χ4v) is 2.13. The summed E-state index contributed by atoms with van der Waals surface area (Å²) >= 11 is 0. The van der Waals surface area contributed by atoms with Crippen LogP contribution in [0.3, 0.4) is 0 Å². The lowest BCUT2D eigenvalue weighted by Gasteiger charge is -2.10. The van der Waals surface area contributed by atoms with Gasteiger partial charge in [-0.15, -0.1) is 0 Å². The number of aromatic nitrogens is 2. The Morgan fingerprint density at radius 1 is 1.31 bits per heavy atom. The number of hydrogen-bond acceptors (Lipinski definition) is 4. The van der Waals surface area contributed by atoms with E-state index in [1.165, 1.54) is 16.9 Å². The number of anilines is 1. The molecule has 0 spiro atoms. The maximum absolute atomic E-state index is 12.8. The van der Waals surface area contributed by atoms with Crippen LogP contribution in [0.25, 0.3) is 0 Å². The van der Waals surface area contributed by atoms with E-state index in [2.05, 4.69) is 10.4 Å². The number of benzene rings is 1. The second kappa shape index (κ2) is 7.59. The molecule has 0 aliphatic rings. The normalized spacial score (nSPS) is 11.5. The van der Waals surface area contributed by atoms with Crippen molar-refractivity contribution >= 4 is 17.6 Å². The summed E-state index contributed by atoms with van der Waals surface area (Å²) in [6.07, 6.45) is -3.53. The molecule has 0 fully saturated rings. The van der Waals surface area contributed by atoms with Gasteiger partial charge in [-0.2, -0.15) is 18.3 Å². The van der Waals surface area contributed by atoms with Crippen molar-refractivity contribution in [3.05, 3.63) is 47.3 Å². The van der Waals surface area contributed by atoms with Crippen LogP contribution in [0.1, 0.15) is 47.2 Å². The third-order valence-corrected chi connectivity index (χ3v) is 3.32. The molecule has 1 heterocycles. The molecule has 1 amide bonds. The zero-order chi connectivity index (χ0) is 19.5. The van der Waals surface area contributed by atoms with Gasteiger partial charge < -0.3 is 10.1 Å². The lowest BCUT2D eigenvalue weighted by atomic mass is 10.1. The second-order valence-electron chi connectivity index (χ2n) is 5.73. The predicted molar refractivity (Wildman–Crippen MR) is 87.8 cm³/mol. The molecule has 0 saturated heterocycles. The SMILES string of the molecule is CCn1cc(NC(=O)c2cccc(C(F)(F)F)c2)c(C(=O)OC(C)C)n1. The van der Waals surface area contributed by atoms with Crippen molar-refractivity contribution in [3.8, 4) is 0 Å². The first-order valence-corrected chi connectivity index (χ1v) is 7.88. The lowest BCUT2D eigenvalue weighted by Crippen LogP contribution is -2.18. The van der Waals surface area contributed by atoms with Gasteiger partial charge in [0, 0.05) is 18.3 Å². The zero-order valence-electron chi connectivity index (χ0n) is 14.4. The molecule has 6 nitrogen and oxygen atoms in total. The van der Waals surface area contributed by atoms with Gasteiger partial charge in [-0.1, -0.05) is 6.07 Å². The Hall–Kier alpha value is -2.84. The molecule has 0 aliphatic carbocycles. The van der Waals surface area contributed by atoms with Crippen molar-refractivity contribution in [1.82, 2.24) is 9.78 Å². The Kier molecular flexibility index (Phi) is 5.69. The fourth-order valence-electron chi connectivity index (χ4n) is 2.13. The number of ether oxygens (including phenoxy) is 1. The molecule has 9 heteroatoms. The van der Waals surface area contributed by atoms with E-state index in [9.17, 15) is 22.8 Å². The number of amides is 1. The summed E-state index contributed by atoms with van der Waals surface area (Å²) in [6.45, 7) is 5.54. The minimum Gasteiger partial charge on any atom is -0.458 e. The molecule has 2 rings (SSSR count). The number of alkyl halides is 3. The van der Waals surface area contributed by atoms with Gasteiger partial charge >= 0.3 is 12.1 Å². The molecule has 140 valence electrons. The molecule has 0 radical (unpaired) electrons. The van der Waals surface area contributed by atoms with Crippen molar-refractivity contribution in [3.63, 3.8) is 0 Å². The number of esters is 1. The predicted octanol–water partition coefficient (Wildman–Crippen LogP) is 3.74. The first-order chi connectivity index (χ1) is 12.1. The highest BCUT2D eigenvalue weighted by atomic mass is 19.4. The highest BCUT2D eigenvalue weighted by Gasteiger charge is 2.31. The van der Waals surface area contributed by atoms with Crippen LogP contribution in [0, 0.1) is 0 Å². The molecule has 2 aromatic rings. The number of carbonyl (C=O) groups excluding carboxylic acids is 2. The number of aryl methyl sites for hydroxylation is 1. The van der Waals surface area contributed by atoms with Crippen LogP contribution in [0.4, 0.5) is 18.9 Å². The maximum atomic E-state index is 12.8. The van der Waals surface area contributed by atoms with E-state index < -0.39 is 23.6 Å². The average Bonchev–Trinajstić information content (AvgIpc) is 2.96. The number of rotatable bonds is 5. The van der Waals surface area contributed by atoms with Crippen molar-refractivity contribution in [2.75, 3.05) is 5.32 Å². The van der Waals surface area contributed by atoms with Crippen molar-refractivity contribution in [2.45, 2.75) is 39.6 Å². The van der Waals surface area contributed by atoms with Crippen LogP contribution in [-0.4, -0.2) is 27.8 Å². The van der Waals surface area contributed by atoms with Gasteiger partial charge in [0.25, 0.3) is 5.91 Å². The number of nitrogens with zero attached hydrogens (tertiary/aromatic N) is 2. The van der Waals surface area contributed by atoms with Crippen LogP contribution in [-0.2, 0) is 17.5 Å². The van der Waals surface area contributed by atoms with Gasteiger partial charge in [-0.25, -0.2) is 4.79 Å². The molecule has 26 heavy (non-hydrogen) atoms. The Bertz CT molecular complexity index is 813. The molecule has 1 N–H and O–H groups in total. The Labute approximate surface area is 147 Å². The van der Waals surface area contributed by atoms with Crippen LogP contribution in [0.5, 0.6) is 0 Å². The van der Waals surface area contributed by atoms with E-state index in [4.69, 9.17) is 4.74 Å². The van der Waals surface area contributed by atoms with Crippen LogP contribution >= 0.6 is 0 Å². The Morgan fingerprint density at radius 2 is 2.00 bits per heavy atom. The van der Waals surface area contributed by atoms with E-state index in [1.807, 2.05) is 0 Å². The summed E-state index contributed by atoms with van der Waals surface area (Å²) < 4.78 is 44.9. The summed E-state index contributed by atoms with van der Waals surface area (Å²) in [4.78, 5) is 24.4. The minimum absolute atomic E-state index is 0.0694. The number of nitrogens with one attached hydrogen (secondary N) is 1. The standard InChI is InChI=1S/C17H18F3N3O3/c1-4-23-9-13(14(22-23)16(25)26-10(2)3)21-15(24)11-6-5-7-12(8-11)17(18,19)20/h5-10H,4H2,1-3H3,(H,21,24). The number of carbonyl (C=O) groups is 2. The number of hydrogen-bond donors (Lipinski definition) is 1. The van der Waals surface area contributed by atoms with Gasteiger partial charge in [0.15, 0.2) is 5.69 Å². The Morgan fingerprint density at radius 3 is 2.58 bits per heavy atom. The zero-order valence-corrected chi connectivity index (χ0v) is 14.4. The molecule has 0 atom stereocenters. The van der Waals surface area contributed by atoms with Crippen molar-refractivity contribution in [2.24, 2.45) is 0 Å². The monoisotopic (exact) mass is 369 g/mol. The smallest absolute Gasteiger partial charge is 0.416 e. The topological polar surface area (TPSA) is 73.2 Å². The van der Waals surface area contributed by atoms with Crippen LogP contribution < -0.4 is 5.32 Å². The minimum atomic E-state index is -4.56. The largest absolute Gasteiger partial charge is 0.458 e. The highest BCUT2D eigenvalue weighted by Crippen LogP contribution is 2.29. The van der Waals surface area contributed by atoms with Gasteiger partial charge in [0.05, 0.1) is 17.4 Å². The van der Waals surface area contributed by atoms with E-state index >= 15 is 0 Å². The van der Waals surface area contributed by atoms with E-state index in [0.29, 0.717) is 6.54 Å². The summed E-state index contributed by atoms with van der Waals surface area (Å²) in [5.41, 5.74) is -1.16. The second-order valence-corrected chi connectivity index (χ2v) is 5.73. The van der Waals surface area contributed by atoms with E-state index in [-0.39, 0.29) is 23.0 Å². The van der Waals surface area contributed by atoms with Gasteiger partial charge in [-0.05, 0) is 39.0 Å². The maximum Gasteiger partial charge on any atom is 0.416 e. The fraction of sp³-hybridized carbons (Fsp3) is 0.353. The van der Waals surface area contributed by atoms with Crippen molar-refractivity contribution < 1.29 is 27.5 Å². The molecule has 0 aliphatic heterocycles.